The summed E-state index contributed by atoms with van der Waals surface area (Å²) >= 11 is 6.37. The van der Waals surface area contributed by atoms with Crippen molar-refractivity contribution in [2.24, 2.45) is 5.73 Å². The largest absolute Gasteiger partial charge is 0.497 e. The Hall–Kier alpha value is -1.97. The topological polar surface area (TPSA) is 51.0 Å². The van der Waals surface area contributed by atoms with Crippen molar-refractivity contribution in [2.45, 2.75) is 19.3 Å². The molecule has 0 saturated carbocycles. The summed E-state index contributed by atoms with van der Waals surface area (Å²) in [6.45, 7) is 0.720. The number of methoxy groups -OCH3 is 1. The molecule has 2 aromatic carbocycles. The first-order valence-electron chi connectivity index (χ1n) is 7.88. The van der Waals surface area contributed by atoms with Crippen LogP contribution < -0.4 is 10.5 Å². The molecule has 0 aliphatic carbocycles. The van der Waals surface area contributed by atoms with Gasteiger partial charge in [0.15, 0.2) is 0 Å². The Bertz CT molecular complexity index is 810. The van der Waals surface area contributed by atoms with Crippen LogP contribution in [0.5, 0.6) is 5.75 Å². The van der Waals surface area contributed by atoms with Gasteiger partial charge in [0.25, 0.3) is 0 Å². The Morgan fingerprint density at radius 3 is 2.74 bits per heavy atom. The highest BCUT2D eigenvalue weighted by Crippen LogP contribution is 2.35. The smallest absolute Gasteiger partial charge is 0.119 e. The van der Waals surface area contributed by atoms with E-state index >= 15 is 0 Å². The zero-order valence-corrected chi connectivity index (χ0v) is 14.0. The summed E-state index contributed by atoms with van der Waals surface area (Å²) in [5, 5.41) is 1.93. The predicted molar refractivity (Wildman–Crippen MR) is 97.3 cm³/mol. The number of H-pyrrole nitrogens is 1. The van der Waals surface area contributed by atoms with Crippen LogP contribution in [0.15, 0.2) is 42.5 Å². The Labute approximate surface area is 141 Å². The first-order valence-corrected chi connectivity index (χ1v) is 8.26. The Morgan fingerprint density at radius 1 is 1.13 bits per heavy atom. The number of hydrogen-bond donors (Lipinski definition) is 2. The van der Waals surface area contributed by atoms with Gasteiger partial charge in [0.05, 0.1) is 17.6 Å². The third kappa shape index (κ3) is 3.21. The van der Waals surface area contributed by atoms with Gasteiger partial charge < -0.3 is 15.5 Å². The van der Waals surface area contributed by atoms with Gasteiger partial charge in [-0.2, -0.15) is 0 Å². The zero-order valence-electron chi connectivity index (χ0n) is 13.2. The van der Waals surface area contributed by atoms with E-state index in [1.807, 2.05) is 30.3 Å². The van der Waals surface area contributed by atoms with Gasteiger partial charge in [-0.15, -0.1) is 0 Å². The number of unbranched alkanes of at least 4 members (excludes halogenated alkanes) is 1. The van der Waals surface area contributed by atoms with E-state index in [1.165, 1.54) is 10.9 Å². The first kappa shape index (κ1) is 15.9. The minimum absolute atomic E-state index is 0.720. The zero-order chi connectivity index (χ0) is 16.2. The number of aromatic nitrogens is 1. The maximum absolute atomic E-state index is 6.37. The fourth-order valence-electron chi connectivity index (χ4n) is 2.97. The van der Waals surface area contributed by atoms with Gasteiger partial charge in [-0.3, -0.25) is 0 Å². The summed E-state index contributed by atoms with van der Waals surface area (Å²) < 4.78 is 5.36. The molecule has 0 unspecified atom stereocenters. The molecule has 1 aromatic heterocycles. The molecule has 0 radical (unpaired) electrons. The number of nitrogens with one attached hydrogen (secondary N) is 1. The van der Waals surface area contributed by atoms with Crippen molar-refractivity contribution < 1.29 is 4.74 Å². The molecule has 0 spiro atoms. The molecule has 3 rings (SSSR count). The number of halogens is 1. The predicted octanol–water partition coefficient (Wildman–Crippen LogP) is 4.78. The number of aromatic amines is 1. The van der Waals surface area contributed by atoms with Crippen LogP contribution in [0.1, 0.15) is 18.4 Å². The molecule has 0 fully saturated rings. The molecule has 120 valence electrons. The molecular weight excluding hydrogens is 308 g/mol. The second-order valence-electron chi connectivity index (χ2n) is 5.62. The lowest BCUT2D eigenvalue weighted by Crippen LogP contribution is -1.99. The molecule has 0 bridgehead atoms. The quantitative estimate of drug-likeness (QED) is 0.640. The van der Waals surface area contributed by atoms with Crippen molar-refractivity contribution in [3.8, 4) is 17.0 Å². The number of nitrogens with two attached hydrogens (primary N) is 1. The van der Waals surface area contributed by atoms with Crippen LogP contribution in [-0.4, -0.2) is 18.6 Å². The third-order valence-corrected chi connectivity index (χ3v) is 4.44. The first-order chi connectivity index (χ1) is 11.2. The van der Waals surface area contributed by atoms with Crippen LogP contribution in [0.4, 0.5) is 0 Å². The SMILES string of the molecule is COc1cccc(-c2[nH]c3c(Cl)cccc3c2CCCCN)c1. The number of aryl methyl sites for hydroxylation is 1. The molecular formula is C19H21ClN2O. The van der Waals surface area contributed by atoms with E-state index in [0.717, 1.165) is 53.4 Å². The average Bonchev–Trinajstić information content (AvgIpc) is 2.95. The molecule has 0 amide bonds. The number of rotatable bonds is 6. The maximum atomic E-state index is 6.37. The van der Waals surface area contributed by atoms with Gasteiger partial charge in [0.2, 0.25) is 0 Å². The molecule has 3 aromatic rings. The number of fused-ring (bicyclic) bond motifs is 1. The second kappa shape index (κ2) is 7.07. The fourth-order valence-corrected chi connectivity index (χ4v) is 3.19. The van der Waals surface area contributed by atoms with Crippen molar-refractivity contribution >= 4 is 22.5 Å². The Morgan fingerprint density at radius 2 is 1.96 bits per heavy atom. The lowest BCUT2D eigenvalue weighted by Gasteiger charge is -2.07. The lowest BCUT2D eigenvalue weighted by atomic mass is 10.00. The van der Waals surface area contributed by atoms with Crippen molar-refractivity contribution in [3.63, 3.8) is 0 Å². The summed E-state index contributed by atoms with van der Waals surface area (Å²) in [5.74, 6) is 0.847. The van der Waals surface area contributed by atoms with Crippen LogP contribution >= 0.6 is 11.6 Å². The summed E-state index contributed by atoms with van der Waals surface area (Å²) in [4.78, 5) is 3.51. The molecule has 0 aliphatic rings. The van der Waals surface area contributed by atoms with E-state index < -0.39 is 0 Å². The normalized spacial score (nSPS) is 11.1. The Kier molecular flexibility index (Phi) is 4.89. The average molecular weight is 329 g/mol. The third-order valence-electron chi connectivity index (χ3n) is 4.13. The van der Waals surface area contributed by atoms with E-state index in [4.69, 9.17) is 22.1 Å². The second-order valence-corrected chi connectivity index (χ2v) is 6.03. The number of hydrogen-bond acceptors (Lipinski definition) is 2. The minimum Gasteiger partial charge on any atom is -0.497 e. The number of para-hydroxylation sites is 1. The standard InChI is InChI=1S/C19H21ClN2O/c1-23-14-7-4-6-13(12-14)18-15(8-2-3-11-21)16-9-5-10-17(20)19(16)22-18/h4-7,9-10,12,22H,2-3,8,11,21H2,1H3. The summed E-state index contributed by atoms with van der Waals surface area (Å²) in [6, 6.07) is 14.1. The molecule has 3 N–H and O–H groups in total. The van der Waals surface area contributed by atoms with Gasteiger partial charge in [-0.25, -0.2) is 0 Å². The molecule has 1 heterocycles. The van der Waals surface area contributed by atoms with Gasteiger partial charge >= 0.3 is 0 Å². The molecule has 0 aliphatic heterocycles. The van der Waals surface area contributed by atoms with E-state index in [-0.39, 0.29) is 0 Å². The van der Waals surface area contributed by atoms with Crippen molar-refractivity contribution in [3.05, 3.63) is 53.1 Å². The molecule has 4 heteroatoms. The lowest BCUT2D eigenvalue weighted by molar-refractivity contribution is 0.415. The molecule has 0 saturated heterocycles. The summed E-state index contributed by atoms with van der Waals surface area (Å²) in [5.41, 5.74) is 10.2. The maximum Gasteiger partial charge on any atom is 0.119 e. The van der Waals surface area contributed by atoms with E-state index in [0.29, 0.717) is 0 Å². The van der Waals surface area contributed by atoms with Crippen LogP contribution in [0.3, 0.4) is 0 Å². The Balaban J connectivity index is 2.13. The fraction of sp³-hybridized carbons (Fsp3) is 0.263. The van der Waals surface area contributed by atoms with Gasteiger partial charge in [-0.1, -0.05) is 35.9 Å². The highest BCUT2D eigenvalue weighted by atomic mass is 35.5. The number of ether oxygens (including phenoxy) is 1. The highest BCUT2D eigenvalue weighted by molar-refractivity contribution is 6.35. The summed E-state index contributed by atoms with van der Waals surface area (Å²) in [7, 11) is 1.68. The summed E-state index contributed by atoms with van der Waals surface area (Å²) in [6.07, 6.45) is 3.06. The molecule has 23 heavy (non-hydrogen) atoms. The van der Waals surface area contributed by atoms with Crippen LogP contribution in [0.25, 0.3) is 22.2 Å². The van der Waals surface area contributed by atoms with Crippen molar-refractivity contribution in [1.29, 1.82) is 0 Å². The van der Waals surface area contributed by atoms with Crippen molar-refractivity contribution in [1.82, 2.24) is 4.98 Å². The molecule has 3 nitrogen and oxygen atoms in total. The van der Waals surface area contributed by atoms with E-state index in [1.54, 1.807) is 7.11 Å². The van der Waals surface area contributed by atoms with Crippen molar-refractivity contribution in [2.75, 3.05) is 13.7 Å². The van der Waals surface area contributed by atoms with Gasteiger partial charge in [-0.05, 0) is 49.6 Å². The van der Waals surface area contributed by atoms with Gasteiger partial charge in [0.1, 0.15) is 5.75 Å². The van der Waals surface area contributed by atoms with E-state index in [9.17, 15) is 0 Å². The monoisotopic (exact) mass is 328 g/mol. The highest BCUT2D eigenvalue weighted by Gasteiger charge is 2.15. The van der Waals surface area contributed by atoms with Crippen LogP contribution in [-0.2, 0) is 6.42 Å². The van der Waals surface area contributed by atoms with Crippen LogP contribution in [0, 0.1) is 0 Å². The van der Waals surface area contributed by atoms with E-state index in [2.05, 4.69) is 17.1 Å². The van der Waals surface area contributed by atoms with Crippen LogP contribution in [0.2, 0.25) is 5.02 Å². The minimum atomic E-state index is 0.720. The van der Waals surface area contributed by atoms with Gasteiger partial charge in [0, 0.05) is 16.6 Å². The molecule has 0 atom stereocenters. The number of benzene rings is 2.